The molecule has 0 aliphatic heterocycles. The second-order valence-corrected chi connectivity index (χ2v) is 5.43. The Bertz CT molecular complexity index is 787. The van der Waals surface area contributed by atoms with E-state index in [2.05, 4.69) is 0 Å². The fourth-order valence-electron chi connectivity index (χ4n) is 2.84. The molecule has 1 N–H and O–H groups in total. The van der Waals surface area contributed by atoms with Gasteiger partial charge in [-0.15, -0.1) is 0 Å². The van der Waals surface area contributed by atoms with Gasteiger partial charge in [-0.05, 0) is 56.4 Å². The molecular formula is C16H16O5. The monoisotopic (exact) mass is 288 g/mol. The fraction of sp³-hybridized carbons (Fsp3) is 0.375. The van der Waals surface area contributed by atoms with Crippen molar-refractivity contribution in [3.63, 3.8) is 0 Å². The molecule has 1 atom stereocenters. The first-order chi connectivity index (χ1) is 9.97. The van der Waals surface area contributed by atoms with Crippen molar-refractivity contribution in [3.8, 4) is 5.75 Å². The van der Waals surface area contributed by atoms with Gasteiger partial charge in [0, 0.05) is 5.56 Å². The Morgan fingerprint density at radius 1 is 1.33 bits per heavy atom. The zero-order valence-electron chi connectivity index (χ0n) is 11.9. The van der Waals surface area contributed by atoms with E-state index in [1.165, 1.54) is 6.92 Å². The maximum absolute atomic E-state index is 12.0. The van der Waals surface area contributed by atoms with E-state index in [0.717, 1.165) is 29.4 Å². The molecule has 0 saturated heterocycles. The molecule has 21 heavy (non-hydrogen) atoms. The number of ether oxygens (including phenoxy) is 1. The molecule has 3 rings (SSSR count). The molecule has 1 aliphatic rings. The molecule has 5 nitrogen and oxygen atoms in total. The molecule has 5 heteroatoms. The third-order valence-electron chi connectivity index (χ3n) is 3.83. The normalized spacial score (nSPS) is 15.0. The molecule has 0 unspecified atom stereocenters. The molecule has 2 aromatic rings. The topological polar surface area (TPSA) is 76.7 Å². The number of fused-ring (bicyclic) bond motifs is 3. The first-order valence-corrected chi connectivity index (χ1v) is 6.96. The van der Waals surface area contributed by atoms with Crippen LogP contribution in [0.2, 0.25) is 0 Å². The van der Waals surface area contributed by atoms with Gasteiger partial charge in [-0.2, -0.15) is 0 Å². The lowest BCUT2D eigenvalue weighted by Crippen LogP contribution is -2.23. The number of carbonyl (C=O) groups is 1. The SMILES string of the molecule is Cc1cc(O[C@H](C)C(=O)O)c2c3c(c(=O)oc2c1)CCC3. The maximum atomic E-state index is 12.0. The van der Waals surface area contributed by atoms with Crippen LogP contribution in [-0.4, -0.2) is 17.2 Å². The minimum atomic E-state index is -1.03. The average molecular weight is 288 g/mol. The second-order valence-electron chi connectivity index (χ2n) is 5.43. The fourth-order valence-corrected chi connectivity index (χ4v) is 2.84. The van der Waals surface area contributed by atoms with E-state index < -0.39 is 12.1 Å². The molecule has 0 bridgehead atoms. The molecule has 0 saturated carbocycles. The molecule has 1 aromatic carbocycles. The van der Waals surface area contributed by atoms with Crippen molar-refractivity contribution in [1.82, 2.24) is 0 Å². The number of carboxylic acid groups (broad SMARTS) is 1. The number of aliphatic carboxylic acids is 1. The van der Waals surface area contributed by atoms with Crippen LogP contribution in [0.15, 0.2) is 21.3 Å². The standard InChI is InChI=1S/C16H16O5/c1-8-6-12(20-9(2)15(17)18)14-10-4-3-5-11(10)16(19)21-13(14)7-8/h6-7,9H,3-5H2,1-2H3,(H,17,18)/t9-/m1/s1. The first-order valence-electron chi connectivity index (χ1n) is 6.96. The van der Waals surface area contributed by atoms with Crippen molar-refractivity contribution in [3.05, 3.63) is 39.2 Å². The highest BCUT2D eigenvalue weighted by Crippen LogP contribution is 2.35. The number of benzene rings is 1. The largest absolute Gasteiger partial charge is 0.479 e. The van der Waals surface area contributed by atoms with Crippen molar-refractivity contribution in [2.45, 2.75) is 39.2 Å². The highest BCUT2D eigenvalue weighted by atomic mass is 16.5. The summed E-state index contributed by atoms with van der Waals surface area (Å²) >= 11 is 0. The summed E-state index contributed by atoms with van der Waals surface area (Å²) in [4.78, 5) is 23.0. The van der Waals surface area contributed by atoms with Crippen LogP contribution in [0.4, 0.5) is 0 Å². The van der Waals surface area contributed by atoms with Gasteiger partial charge in [-0.25, -0.2) is 9.59 Å². The Kier molecular flexibility index (Phi) is 3.20. The number of rotatable bonds is 3. The highest BCUT2D eigenvalue weighted by Gasteiger charge is 2.24. The molecule has 0 spiro atoms. The summed E-state index contributed by atoms with van der Waals surface area (Å²) in [5.74, 6) is -0.555. The molecule has 110 valence electrons. The van der Waals surface area contributed by atoms with Gasteiger partial charge in [0.15, 0.2) is 6.10 Å². The summed E-state index contributed by atoms with van der Waals surface area (Å²) in [5.41, 5.74) is 2.66. The minimum Gasteiger partial charge on any atom is -0.479 e. The average Bonchev–Trinajstić information content (AvgIpc) is 2.87. The van der Waals surface area contributed by atoms with Crippen LogP contribution in [0.25, 0.3) is 11.0 Å². The quantitative estimate of drug-likeness (QED) is 0.878. The van der Waals surface area contributed by atoms with Gasteiger partial charge in [0.25, 0.3) is 0 Å². The van der Waals surface area contributed by atoms with Crippen LogP contribution < -0.4 is 10.4 Å². The van der Waals surface area contributed by atoms with E-state index in [1.54, 1.807) is 12.1 Å². The van der Waals surface area contributed by atoms with Crippen molar-refractivity contribution < 1.29 is 19.1 Å². The van der Waals surface area contributed by atoms with Crippen LogP contribution in [0, 0.1) is 6.92 Å². The highest BCUT2D eigenvalue weighted by molar-refractivity contribution is 5.89. The van der Waals surface area contributed by atoms with Gasteiger partial charge in [0.2, 0.25) is 0 Å². The summed E-state index contributed by atoms with van der Waals surface area (Å²) in [6.07, 6.45) is 1.44. The van der Waals surface area contributed by atoms with Crippen molar-refractivity contribution in [1.29, 1.82) is 0 Å². The third-order valence-corrected chi connectivity index (χ3v) is 3.83. The zero-order chi connectivity index (χ0) is 15.1. The second kappa shape index (κ2) is 4.91. The lowest BCUT2D eigenvalue weighted by atomic mass is 10.0. The van der Waals surface area contributed by atoms with E-state index in [9.17, 15) is 9.59 Å². The molecule has 0 amide bonds. The lowest BCUT2D eigenvalue weighted by molar-refractivity contribution is -0.144. The summed E-state index contributed by atoms with van der Waals surface area (Å²) in [7, 11) is 0. The molecule has 1 heterocycles. The molecule has 1 aromatic heterocycles. The van der Waals surface area contributed by atoms with E-state index in [1.807, 2.05) is 6.92 Å². The van der Waals surface area contributed by atoms with Crippen LogP contribution in [0.3, 0.4) is 0 Å². The molecule has 0 fully saturated rings. The smallest absolute Gasteiger partial charge is 0.344 e. The summed E-state index contributed by atoms with van der Waals surface area (Å²) in [5, 5.41) is 9.76. The Morgan fingerprint density at radius 2 is 2.05 bits per heavy atom. The maximum Gasteiger partial charge on any atom is 0.344 e. The predicted molar refractivity (Wildman–Crippen MR) is 77.0 cm³/mol. The summed E-state index contributed by atoms with van der Waals surface area (Å²) in [6, 6.07) is 3.58. The van der Waals surface area contributed by atoms with E-state index in [0.29, 0.717) is 23.3 Å². The Labute approximate surface area is 121 Å². The predicted octanol–water partition coefficient (Wildman–Crippen LogP) is 2.44. The van der Waals surface area contributed by atoms with Crippen molar-refractivity contribution >= 4 is 16.9 Å². The van der Waals surface area contributed by atoms with Gasteiger partial charge in [0.1, 0.15) is 11.3 Å². The van der Waals surface area contributed by atoms with Crippen LogP contribution in [0.5, 0.6) is 5.75 Å². The first kappa shape index (κ1) is 13.7. The van der Waals surface area contributed by atoms with Crippen LogP contribution >= 0.6 is 0 Å². The zero-order valence-corrected chi connectivity index (χ0v) is 11.9. The van der Waals surface area contributed by atoms with Crippen LogP contribution in [0.1, 0.15) is 30.0 Å². The number of hydrogen-bond acceptors (Lipinski definition) is 4. The minimum absolute atomic E-state index is 0.294. The van der Waals surface area contributed by atoms with Crippen LogP contribution in [-0.2, 0) is 17.6 Å². The molecular weight excluding hydrogens is 272 g/mol. The Hall–Kier alpha value is -2.30. The third kappa shape index (κ3) is 2.28. The Balaban J connectivity index is 2.26. The summed E-state index contributed by atoms with van der Waals surface area (Å²) in [6.45, 7) is 3.33. The van der Waals surface area contributed by atoms with Gasteiger partial charge >= 0.3 is 11.6 Å². The van der Waals surface area contributed by atoms with Crippen molar-refractivity contribution in [2.75, 3.05) is 0 Å². The van der Waals surface area contributed by atoms with E-state index in [4.69, 9.17) is 14.3 Å². The molecule has 1 aliphatic carbocycles. The van der Waals surface area contributed by atoms with Gasteiger partial charge in [-0.3, -0.25) is 0 Å². The number of hydrogen-bond donors (Lipinski definition) is 1. The summed E-state index contributed by atoms with van der Waals surface area (Å²) < 4.78 is 11.0. The van der Waals surface area contributed by atoms with Crippen molar-refractivity contribution in [2.24, 2.45) is 0 Å². The van der Waals surface area contributed by atoms with Gasteiger partial charge < -0.3 is 14.3 Å². The molecule has 0 radical (unpaired) electrons. The Morgan fingerprint density at radius 3 is 2.76 bits per heavy atom. The lowest BCUT2D eigenvalue weighted by Gasteiger charge is -2.15. The van der Waals surface area contributed by atoms with E-state index >= 15 is 0 Å². The van der Waals surface area contributed by atoms with Gasteiger partial charge in [0.05, 0.1) is 5.39 Å². The number of carboxylic acids is 1. The van der Waals surface area contributed by atoms with Gasteiger partial charge in [-0.1, -0.05) is 0 Å². The number of aryl methyl sites for hydroxylation is 2. The van der Waals surface area contributed by atoms with E-state index in [-0.39, 0.29) is 5.63 Å².